The number of hydrogen-bond acceptors (Lipinski definition) is 4. The summed E-state index contributed by atoms with van der Waals surface area (Å²) in [6, 6.07) is 0. The average molecular weight is 195 g/mol. The Morgan fingerprint density at radius 1 is 1.67 bits per heavy atom. The van der Waals surface area contributed by atoms with E-state index >= 15 is 0 Å². The van der Waals surface area contributed by atoms with Crippen LogP contribution in [0.15, 0.2) is 0 Å². The van der Waals surface area contributed by atoms with E-state index in [-0.39, 0.29) is 13.1 Å². The molecule has 6 nitrogen and oxygen atoms in total. The third kappa shape index (κ3) is 2.14. The van der Waals surface area contributed by atoms with Crippen LogP contribution in [0, 0.1) is 0 Å². The topological polar surface area (TPSA) is 95.7 Å². The predicted molar refractivity (Wildman–Crippen MR) is 43.6 cm³/mol. The molecule has 1 saturated heterocycles. The fourth-order valence-electron chi connectivity index (χ4n) is 1.01. The lowest BCUT2D eigenvalue weighted by atomic mass is 10.3. The second-order valence-corrected chi connectivity index (χ2v) is 4.40. The monoisotopic (exact) mass is 195 g/mol. The molecule has 0 unspecified atom stereocenters. The summed E-state index contributed by atoms with van der Waals surface area (Å²) in [4.78, 5) is 0. The first-order chi connectivity index (χ1) is 5.56. The molecule has 0 bridgehead atoms. The van der Waals surface area contributed by atoms with E-state index in [2.05, 4.69) is 4.72 Å². The Labute approximate surface area is 71.5 Å². The molecular formula is C5H13N3O3S. The van der Waals surface area contributed by atoms with Crippen LogP contribution in [0.4, 0.5) is 0 Å². The Morgan fingerprint density at radius 3 is 2.75 bits per heavy atom. The molecule has 72 valence electrons. The maximum Gasteiger partial charge on any atom is 0.279 e. The lowest BCUT2D eigenvalue weighted by molar-refractivity contribution is 0.156. The van der Waals surface area contributed by atoms with Crippen molar-refractivity contribution in [1.29, 1.82) is 0 Å². The van der Waals surface area contributed by atoms with Crippen LogP contribution in [0.25, 0.3) is 0 Å². The fourth-order valence-corrected chi connectivity index (χ4v) is 2.24. The van der Waals surface area contributed by atoms with Gasteiger partial charge < -0.3 is 10.8 Å². The van der Waals surface area contributed by atoms with Gasteiger partial charge in [0.15, 0.2) is 0 Å². The van der Waals surface area contributed by atoms with Crippen molar-refractivity contribution >= 4 is 10.2 Å². The first-order valence-electron chi connectivity index (χ1n) is 3.69. The number of hydrogen-bond donors (Lipinski definition) is 3. The highest BCUT2D eigenvalue weighted by Crippen LogP contribution is 2.04. The fraction of sp³-hybridized carbons (Fsp3) is 1.00. The lowest BCUT2D eigenvalue weighted by Crippen LogP contribution is -2.38. The van der Waals surface area contributed by atoms with Crippen molar-refractivity contribution in [3.05, 3.63) is 0 Å². The van der Waals surface area contributed by atoms with Crippen LogP contribution < -0.4 is 10.5 Å². The van der Waals surface area contributed by atoms with E-state index in [1.165, 1.54) is 4.31 Å². The zero-order valence-electron chi connectivity index (χ0n) is 6.60. The van der Waals surface area contributed by atoms with E-state index in [1.807, 2.05) is 0 Å². The number of aliphatic hydroxyl groups is 1. The van der Waals surface area contributed by atoms with Crippen molar-refractivity contribution in [2.24, 2.45) is 5.73 Å². The van der Waals surface area contributed by atoms with Gasteiger partial charge in [0, 0.05) is 26.2 Å². The number of β-amino-alcohol motifs (C(OH)–C–C–N with tert-alkyl or cyclic N) is 1. The quantitative estimate of drug-likeness (QED) is 0.462. The van der Waals surface area contributed by atoms with Gasteiger partial charge in [0.2, 0.25) is 0 Å². The molecule has 4 N–H and O–H groups in total. The molecule has 0 aliphatic carbocycles. The highest BCUT2D eigenvalue weighted by atomic mass is 32.2. The maximum absolute atomic E-state index is 11.1. The van der Waals surface area contributed by atoms with E-state index < -0.39 is 16.3 Å². The van der Waals surface area contributed by atoms with Crippen molar-refractivity contribution < 1.29 is 13.5 Å². The van der Waals surface area contributed by atoms with Gasteiger partial charge in [-0.05, 0) is 0 Å². The molecule has 1 aliphatic rings. The molecule has 0 aromatic rings. The summed E-state index contributed by atoms with van der Waals surface area (Å²) < 4.78 is 25.7. The maximum atomic E-state index is 11.1. The number of rotatable bonds is 3. The van der Waals surface area contributed by atoms with Gasteiger partial charge in [-0.15, -0.1) is 0 Å². The largest absolute Gasteiger partial charge is 0.390 e. The van der Waals surface area contributed by atoms with Gasteiger partial charge in [-0.25, -0.2) is 4.72 Å². The SMILES string of the molecule is NC[C@H](O)CN1CCNS1(=O)=O. The minimum absolute atomic E-state index is 0.0752. The van der Waals surface area contributed by atoms with Crippen LogP contribution in [0.5, 0.6) is 0 Å². The van der Waals surface area contributed by atoms with E-state index in [0.717, 1.165) is 0 Å². The van der Waals surface area contributed by atoms with Gasteiger partial charge in [-0.3, -0.25) is 0 Å². The normalized spacial score (nSPS) is 25.8. The van der Waals surface area contributed by atoms with E-state index in [1.54, 1.807) is 0 Å². The van der Waals surface area contributed by atoms with Crippen LogP contribution >= 0.6 is 0 Å². The lowest BCUT2D eigenvalue weighted by Gasteiger charge is -2.16. The van der Waals surface area contributed by atoms with Gasteiger partial charge in [-0.1, -0.05) is 0 Å². The zero-order chi connectivity index (χ0) is 9.19. The molecule has 12 heavy (non-hydrogen) atoms. The summed E-state index contributed by atoms with van der Waals surface area (Å²) in [5.74, 6) is 0. The van der Waals surface area contributed by atoms with Gasteiger partial charge in [0.25, 0.3) is 10.2 Å². The Kier molecular flexibility index (Phi) is 3.02. The van der Waals surface area contributed by atoms with Crippen molar-refractivity contribution in [3.8, 4) is 0 Å². The van der Waals surface area contributed by atoms with Gasteiger partial charge in [0.1, 0.15) is 0 Å². The van der Waals surface area contributed by atoms with E-state index in [0.29, 0.717) is 13.1 Å². The number of nitrogens with one attached hydrogen (secondary N) is 1. The Morgan fingerprint density at radius 2 is 2.33 bits per heavy atom. The molecule has 1 aliphatic heterocycles. The average Bonchev–Trinajstić information content (AvgIpc) is 2.31. The first kappa shape index (κ1) is 9.87. The third-order valence-electron chi connectivity index (χ3n) is 1.67. The number of aliphatic hydroxyl groups excluding tert-OH is 1. The van der Waals surface area contributed by atoms with E-state index in [9.17, 15) is 8.42 Å². The Bertz CT molecular complexity index is 240. The summed E-state index contributed by atoms with van der Waals surface area (Å²) in [6.07, 6.45) is -0.778. The first-order valence-corrected chi connectivity index (χ1v) is 5.13. The van der Waals surface area contributed by atoms with Crippen LogP contribution in [-0.2, 0) is 10.2 Å². The summed E-state index contributed by atoms with van der Waals surface area (Å²) in [6.45, 7) is 0.955. The molecule has 1 heterocycles. The molecule has 0 radical (unpaired) electrons. The molecule has 1 rings (SSSR count). The zero-order valence-corrected chi connectivity index (χ0v) is 7.42. The van der Waals surface area contributed by atoms with Crippen LogP contribution in [0.3, 0.4) is 0 Å². The molecule has 0 aromatic heterocycles. The number of nitrogens with zero attached hydrogens (tertiary/aromatic N) is 1. The Hall–Kier alpha value is -0.210. The summed E-state index contributed by atoms with van der Waals surface area (Å²) in [5, 5.41) is 9.09. The summed E-state index contributed by atoms with van der Waals surface area (Å²) in [5.41, 5.74) is 5.15. The van der Waals surface area contributed by atoms with Crippen molar-refractivity contribution in [2.45, 2.75) is 6.10 Å². The highest BCUT2D eigenvalue weighted by Gasteiger charge is 2.28. The van der Waals surface area contributed by atoms with Crippen molar-refractivity contribution in [3.63, 3.8) is 0 Å². The molecule has 0 spiro atoms. The third-order valence-corrected chi connectivity index (χ3v) is 3.25. The molecule has 0 saturated carbocycles. The minimum Gasteiger partial charge on any atom is -0.390 e. The Balaban J connectivity index is 2.53. The second kappa shape index (κ2) is 3.67. The van der Waals surface area contributed by atoms with Gasteiger partial charge in [-0.2, -0.15) is 12.7 Å². The van der Waals surface area contributed by atoms with E-state index in [4.69, 9.17) is 10.8 Å². The van der Waals surface area contributed by atoms with Crippen LogP contribution in [0.2, 0.25) is 0 Å². The van der Waals surface area contributed by atoms with Crippen molar-refractivity contribution in [2.75, 3.05) is 26.2 Å². The molecule has 0 amide bonds. The van der Waals surface area contributed by atoms with Crippen LogP contribution in [0.1, 0.15) is 0 Å². The minimum atomic E-state index is -3.32. The molecule has 1 atom stereocenters. The van der Waals surface area contributed by atoms with Gasteiger partial charge >= 0.3 is 0 Å². The van der Waals surface area contributed by atoms with Crippen molar-refractivity contribution in [1.82, 2.24) is 9.03 Å². The van der Waals surface area contributed by atoms with Gasteiger partial charge in [0.05, 0.1) is 6.10 Å². The second-order valence-electron chi connectivity index (χ2n) is 2.65. The molecule has 7 heteroatoms. The number of nitrogens with two attached hydrogens (primary N) is 1. The molecule has 1 fully saturated rings. The summed E-state index contributed by atoms with van der Waals surface area (Å²) in [7, 11) is -3.32. The highest BCUT2D eigenvalue weighted by molar-refractivity contribution is 7.87. The standard InChI is InChI=1S/C5H13N3O3S/c6-3-5(9)4-8-2-1-7-12(8,10)11/h5,7,9H,1-4,6H2/t5-/m0/s1. The van der Waals surface area contributed by atoms with Crippen LogP contribution in [-0.4, -0.2) is 50.1 Å². The molecule has 0 aromatic carbocycles. The predicted octanol–water partition coefficient (Wildman–Crippen LogP) is -2.54. The summed E-state index contributed by atoms with van der Waals surface area (Å²) >= 11 is 0. The molecular weight excluding hydrogens is 182 g/mol. The smallest absolute Gasteiger partial charge is 0.279 e.